The van der Waals surface area contributed by atoms with Crippen LogP contribution in [0.3, 0.4) is 0 Å². The fraction of sp³-hybridized carbons (Fsp3) is 0.600. The summed E-state index contributed by atoms with van der Waals surface area (Å²) in [6.45, 7) is 11.5. The van der Waals surface area contributed by atoms with Gasteiger partial charge in [0.1, 0.15) is 25.0 Å². The first-order valence-corrected chi connectivity index (χ1v) is 6.51. The molecule has 102 valence electrons. The molecule has 0 saturated heterocycles. The predicted molar refractivity (Wildman–Crippen MR) is 74.0 cm³/mol. The third-order valence-electron chi connectivity index (χ3n) is 2.99. The standard InChI is InChI=1S/C15H25NO2/c1-11-7-6-8-14(12(11)2)18-10-13(17)9-16-15(3,4)5/h6-8,13,16-17H,9-10H2,1-5H3/p+1. The summed E-state index contributed by atoms with van der Waals surface area (Å²) in [5.41, 5.74) is 2.49. The van der Waals surface area contributed by atoms with Crippen molar-refractivity contribution in [2.75, 3.05) is 13.2 Å². The number of aliphatic hydroxyl groups excluding tert-OH is 1. The maximum Gasteiger partial charge on any atom is 0.137 e. The molecule has 3 N–H and O–H groups in total. The van der Waals surface area contributed by atoms with Crippen LogP contribution in [0.1, 0.15) is 31.9 Å². The minimum absolute atomic E-state index is 0.139. The fourth-order valence-electron chi connectivity index (χ4n) is 1.62. The first kappa shape index (κ1) is 15.0. The van der Waals surface area contributed by atoms with E-state index in [9.17, 15) is 5.11 Å². The molecule has 0 heterocycles. The number of ether oxygens (including phenoxy) is 1. The van der Waals surface area contributed by atoms with Crippen LogP contribution in [0, 0.1) is 13.8 Å². The molecule has 1 unspecified atom stereocenters. The van der Waals surface area contributed by atoms with Crippen LogP contribution in [0.5, 0.6) is 5.75 Å². The molecule has 3 nitrogen and oxygen atoms in total. The monoisotopic (exact) mass is 252 g/mol. The lowest BCUT2D eigenvalue weighted by atomic mass is 10.1. The Labute approximate surface area is 110 Å². The summed E-state index contributed by atoms with van der Waals surface area (Å²) in [6.07, 6.45) is -0.441. The molecular weight excluding hydrogens is 226 g/mol. The van der Waals surface area contributed by atoms with Gasteiger partial charge in [-0.1, -0.05) is 12.1 Å². The summed E-state index contributed by atoms with van der Waals surface area (Å²) >= 11 is 0. The summed E-state index contributed by atoms with van der Waals surface area (Å²) < 4.78 is 5.67. The smallest absolute Gasteiger partial charge is 0.137 e. The highest BCUT2D eigenvalue weighted by molar-refractivity contribution is 5.38. The van der Waals surface area contributed by atoms with E-state index in [1.54, 1.807) is 0 Å². The second-order valence-corrected chi connectivity index (χ2v) is 5.97. The number of hydrogen-bond acceptors (Lipinski definition) is 2. The van der Waals surface area contributed by atoms with Crippen LogP contribution in [0.15, 0.2) is 18.2 Å². The Bertz CT molecular complexity index is 383. The van der Waals surface area contributed by atoms with Crippen LogP contribution >= 0.6 is 0 Å². The Hall–Kier alpha value is -1.06. The molecule has 0 radical (unpaired) electrons. The summed E-state index contributed by atoms with van der Waals surface area (Å²) in [7, 11) is 0. The molecule has 1 rings (SSSR count). The molecule has 3 heteroatoms. The molecule has 1 aromatic rings. The number of rotatable bonds is 5. The molecule has 0 spiro atoms. The topological polar surface area (TPSA) is 46.1 Å². The summed E-state index contributed by atoms with van der Waals surface area (Å²) in [6, 6.07) is 5.99. The van der Waals surface area contributed by atoms with Crippen molar-refractivity contribution in [1.82, 2.24) is 0 Å². The summed E-state index contributed by atoms with van der Waals surface area (Å²) in [5.74, 6) is 0.866. The number of benzene rings is 1. The van der Waals surface area contributed by atoms with E-state index in [1.807, 2.05) is 19.1 Å². The number of quaternary nitrogens is 1. The number of aryl methyl sites for hydroxylation is 1. The molecule has 1 aromatic carbocycles. The molecule has 0 bridgehead atoms. The highest BCUT2D eigenvalue weighted by Crippen LogP contribution is 2.20. The molecule has 0 aliphatic carbocycles. The minimum atomic E-state index is -0.441. The van der Waals surface area contributed by atoms with Gasteiger partial charge < -0.3 is 15.2 Å². The van der Waals surface area contributed by atoms with Gasteiger partial charge in [-0.2, -0.15) is 0 Å². The average molecular weight is 252 g/mol. The van der Waals surface area contributed by atoms with Crippen LogP contribution < -0.4 is 10.1 Å². The van der Waals surface area contributed by atoms with Gasteiger partial charge in [-0.15, -0.1) is 0 Å². The van der Waals surface area contributed by atoms with Gasteiger partial charge >= 0.3 is 0 Å². The SMILES string of the molecule is Cc1cccc(OCC(O)C[NH2+]C(C)(C)C)c1C. The van der Waals surface area contributed by atoms with Crippen LogP contribution in [-0.4, -0.2) is 29.9 Å². The molecule has 0 aliphatic heterocycles. The van der Waals surface area contributed by atoms with Gasteiger partial charge in [-0.05, 0) is 51.8 Å². The van der Waals surface area contributed by atoms with Crippen molar-refractivity contribution >= 4 is 0 Å². The normalized spacial score (nSPS) is 13.4. The molecule has 0 aromatic heterocycles. The van der Waals surface area contributed by atoms with Crippen LogP contribution in [0.4, 0.5) is 0 Å². The first-order valence-electron chi connectivity index (χ1n) is 6.51. The van der Waals surface area contributed by atoms with Gasteiger partial charge in [0.05, 0.1) is 5.54 Å². The largest absolute Gasteiger partial charge is 0.490 e. The van der Waals surface area contributed by atoms with Crippen LogP contribution in [-0.2, 0) is 0 Å². The molecule has 1 atom stereocenters. The lowest BCUT2D eigenvalue weighted by Crippen LogP contribution is -2.96. The second-order valence-electron chi connectivity index (χ2n) is 5.97. The van der Waals surface area contributed by atoms with E-state index in [2.05, 4.69) is 39.1 Å². The predicted octanol–water partition coefficient (Wildman–Crippen LogP) is 1.41. The Morgan fingerprint density at radius 1 is 1.28 bits per heavy atom. The Morgan fingerprint density at radius 2 is 1.94 bits per heavy atom. The van der Waals surface area contributed by atoms with E-state index in [0.29, 0.717) is 13.2 Å². The van der Waals surface area contributed by atoms with Crippen molar-refractivity contribution in [2.24, 2.45) is 0 Å². The molecular formula is C15H26NO2+. The molecule has 0 fully saturated rings. The molecule has 0 aliphatic rings. The van der Waals surface area contributed by atoms with Crippen molar-refractivity contribution in [3.05, 3.63) is 29.3 Å². The van der Waals surface area contributed by atoms with Crippen LogP contribution in [0.2, 0.25) is 0 Å². The zero-order chi connectivity index (χ0) is 13.8. The molecule has 18 heavy (non-hydrogen) atoms. The summed E-state index contributed by atoms with van der Waals surface area (Å²) in [5, 5.41) is 12.0. The maximum absolute atomic E-state index is 9.88. The number of hydrogen-bond donors (Lipinski definition) is 2. The average Bonchev–Trinajstić information content (AvgIpc) is 2.27. The first-order chi connectivity index (χ1) is 8.29. The van der Waals surface area contributed by atoms with E-state index in [1.165, 1.54) is 5.56 Å². The lowest BCUT2D eigenvalue weighted by molar-refractivity contribution is -0.722. The van der Waals surface area contributed by atoms with Gasteiger partial charge in [-0.25, -0.2) is 0 Å². The van der Waals surface area contributed by atoms with E-state index < -0.39 is 6.10 Å². The van der Waals surface area contributed by atoms with E-state index >= 15 is 0 Å². The molecule has 0 amide bonds. The Kier molecular flexibility index (Phi) is 5.17. The third-order valence-corrected chi connectivity index (χ3v) is 2.99. The van der Waals surface area contributed by atoms with Crippen molar-refractivity contribution in [3.63, 3.8) is 0 Å². The lowest BCUT2D eigenvalue weighted by Gasteiger charge is -2.20. The van der Waals surface area contributed by atoms with Crippen molar-refractivity contribution in [1.29, 1.82) is 0 Å². The Morgan fingerprint density at radius 3 is 2.56 bits per heavy atom. The van der Waals surface area contributed by atoms with Gasteiger partial charge in [-0.3, -0.25) is 0 Å². The van der Waals surface area contributed by atoms with Gasteiger partial charge in [0.25, 0.3) is 0 Å². The van der Waals surface area contributed by atoms with Gasteiger partial charge in [0.2, 0.25) is 0 Å². The highest BCUT2D eigenvalue weighted by Gasteiger charge is 2.16. The van der Waals surface area contributed by atoms with Crippen molar-refractivity contribution < 1.29 is 15.2 Å². The fourth-order valence-corrected chi connectivity index (χ4v) is 1.62. The van der Waals surface area contributed by atoms with Crippen molar-refractivity contribution in [3.8, 4) is 5.75 Å². The molecule has 0 saturated carbocycles. The summed E-state index contributed by atoms with van der Waals surface area (Å²) in [4.78, 5) is 0. The van der Waals surface area contributed by atoms with Gasteiger partial charge in [0.15, 0.2) is 0 Å². The van der Waals surface area contributed by atoms with E-state index in [-0.39, 0.29) is 5.54 Å². The highest BCUT2D eigenvalue weighted by atomic mass is 16.5. The van der Waals surface area contributed by atoms with Crippen molar-refractivity contribution in [2.45, 2.75) is 46.3 Å². The van der Waals surface area contributed by atoms with Crippen LogP contribution in [0.25, 0.3) is 0 Å². The quantitative estimate of drug-likeness (QED) is 0.832. The van der Waals surface area contributed by atoms with E-state index in [4.69, 9.17) is 4.74 Å². The zero-order valence-electron chi connectivity index (χ0n) is 12.2. The minimum Gasteiger partial charge on any atom is -0.490 e. The van der Waals surface area contributed by atoms with Gasteiger partial charge in [0, 0.05) is 0 Å². The zero-order valence-corrected chi connectivity index (χ0v) is 12.2. The number of nitrogens with two attached hydrogens (primary N) is 1. The van der Waals surface area contributed by atoms with E-state index in [0.717, 1.165) is 11.3 Å². The Balaban J connectivity index is 2.43. The second kappa shape index (κ2) is 6.21. The maximum atomic E-state index is 9.88. The number of aliphatic hydroxyl groups is 1. The third kappa shape index (κ3) is 5.07.